The third-order valence-corrected chi connectivity index (χ3v) is 3.33. The van der Waals surface area contributed by atoms with Crippen molar-refractivity contribution in [1.29, 1.82) is 0 Å². The number of aromatic nitrogens is 2. The highest BCUT2D eigenvalue weighted by Crippen LogP contribution is 2.17. The number of piperidine rings is 1. The molecule has 7 nitrogen and oxygen atoms in total. The first-order valence-corrected chi connectivity index (χ1v) is 7.74. The normalized spacial score (nSPS) is 18.6. The highest BCUT2D eigenvalue weighted by Gasteiger charge is 2.28. The van der Waals surface area contributed by atoms with Crippen LogP contribution >= 0.6 is 0 Å². The first-order chi connectivity index (χ1) is 10.8. The predicted molar refractivity (Wildman–Crippen MR) is 83.1 cm³/mol. The molecule has 1 unspecified atom stereocenters. The fourth-order valence-corrected chi connectivity index (χ4v) is 2.28. The van der Waals surface area contributed by atoms with Crippen LogP contribution in [-0.2, 0) is 9.47 Å². The summed E-state index contributed by atoms with van der Waals surface area (Å²) in [7, 11) is 0. The molecule has 0 radical (unpaired) electrons. The molecule has 0 aliphatic carbocycles. The van der Waals surface area contributed by atoms with Crippen molar-refractivity contribution in [3.05, 3.63) is 24.3 Å². The molecule has 1 saturated heterocycles. The molecule has 1 aromatic heterocycles. The minimum absolute atomic E-state index is 0.0640. The number of ketones is 1. The third-order valence-electron chi connectivity index (χ3n) is 3.33. The molecule has 23 heavy (non-hydrogen) atoms. The highest BCUT2D eigenvalue weighted by atomic mass is 16.6. The van der Waals surface area contributed by atoms with Crippen LogP contribution in [0.2, 0.25) is 0 Å². The van der Waals surface area contributed by atoms with E-state index in [4.69, 9.17) is 9.47 Å². The summed E-state index contributed by atoms with van der Waals surface area (Å²) >= 11 is 0. The second kappa shape index (κ2) is 7.50. The van der Waals surface area contributed by atoms with Crippen molar-refractivity contribution in [2.24, 2.45) is 0 Å². The third kappa shape index (κ3) is 5.59. The van der Waals surface area contributed by atoms with Crippen molar-refractivity contribution < 1.29 is 19.1 Å². The van der Waals surface area contributed by atoms with Gasteiger partial charge in [-0.3, -0.25) is 9.78 Å². The number of hydrogen-bond acceptors (Lipinski definition) is 6. The van der Waals surface area contributed by atoms with Gasteiger partial charge in [0.05, 0.1) is 18.8 Å². The number of carbonyl (C=O) groups excluding carboxylic acids is 2. The monoisotopic (exact) mass is 321 g/mol. The van der Waals surface area contributed by atoms with Gasteiger partial charge in [-0.15, -0.1) is 0 Å². The molecule has 0 spiro atoms. The number of hydrogen-bond donors (Lipinski definition) is 0. The van der Waals surface area contributed by atoms with Crippen molar-refractivity contribution in [3.63, 3.8) is 0 Å². The van der Waals surface area contributed by atoms with Gasteiger partial charge in [0.15, 0.2) is 0 Å². The van der Waals surface area contributed by atoms with Crippen LogP contribution in [0.1, 0.15) is 44.1 Å². The second-order valence-electron chi connectivity index (χ2n) is 6.52. The lowest BCUT2D eigenvalue weighted by Crippen LogP contribution is -2.45. The van der Waals surface area contributed by atoms with Gasteiger partial charge < -0.3 is 14.4 Å². The molecule has 7 heteroatoms. The Morgan fingerprint density at radius 2 is 2.13 bits per heavy atom. The van der Waals surface area contributed by atoms with E-state index in [0.717, 1.165) is 12.8 Å². The maximum Gasteiger partial charge on any atom is 0.410 e. The van der Waals surface area contributed by atoms with E-state index in [9.17, 15) is 9.59 Å². The molecule has 0 N–H and O–H groups in total. The van der Waals surface area contributed by atoms with Gasteiger partial charge in [-0.05, 0) is 33.6 Å². The fraction of sp³-hybridized carbons (Fsp3) is 0.625. The summed E-state index contributed by atoms with van der Waals surface area (Å²) in [5.41, 5.74) is -0.236. The topological polar surface area (TPSA) is 81.6 Å². The Hall–Kier alpha value is -2.02. The first-order valence-electron chi connectivity index (χ1n) is 7.74. The molecule has 2 rings (SSSR count). The van der Waals surface area contributed by atoms with E-state index in [-0.39, 0.29) is 30.3 Å². The highest BCUT2D eigenvalue weighted by molar-refractivity contribution is 5.94. The van der Waals surface area contributed by atoms with E-state index in [1.54, 1.807) is 4.90 Å². The van der Waals surface area contributed by atoms with Crippen LogP contribution in [-0.4, -0.2) is 58.1 Å². The summed E-state index contributed by atoms with van der Waals surface area (Å²) in [6, 6.07) is 0. The van der Waals surface area contributed by atoms with Gasteiger partial charge in [0.1, 0.15) is 17.9 Å². The van der Waals surface area contributed by atoms with Crippen LogP contribution in [0.15, 0.2) is 18.6 Å². The predicted octanol–water partition coefficient (Wildman–Crippen LogP) is 2.08. The summed E-state index contributed by atoms with van der Waals surface area (Å²) < 4.78 is 11.0. The molecule has 1 atom stereocenters. The maximum absolute atomic E-state index is 12.1. The fourth-order valence-electron chi connectivity index (χ4n) is 2.28. The first kappa shape index (κ1) is 17.3. The van der Waals surface area contributed by atoms with Crippen molar-refractivity contribution in [2.45, 2.75) is 45.3 Å². The number of amides is 1. The van der Waals surface area contributed by atoms with Gasteiger partial charge in [-0.25, -0.2) is 9.78 Å². The Kier molecular flexibility index (Phi) is 5.65. The molecule has 1 amide bonds. The SMILES string of the molecule is CC(C)(C)OC(=O)N1CCCC(OCC(=O)c2cnccn2)C1. The van der Waals surface area contributed by atoms with Crippen molar-refractivity contribution in [1.82, 2.24) is 14.9 Å². The van der Waals surface area contributed by atoms with Crippen LogP contribution in [0, 0.1) is 0 Å². The summed E-state index contributed by atoms with van der Waals surface area (Å²) in [5, 5.41) is 0. The van der Waals surface area contributed by atoms with Crippen molar-refractivity contribution in [2.75, 3.05) is 19.7 Å². The minimum Gasteiger partial charge on any atom is -0.444 e. The van der Waals surface area contributed by atoms with E-state index in [0.29, 0.717) is 13.1 Å². The average molecular weight is 321 g/mol. The van der Waals surface area contributed by atoms with Gasteiger partial charge in [0.25, 0.3) is 0 Å². The standard InChI is InChI=1S/C16H23N3O4/c1-16(2,3)23-15(21)19-8-4-5-12(10-19)22-11-14(20)13-9-17-6-7-18-13/h6-7,9,12H,4-5,8,10-11H2,1-3H3. The number of rotatable bonds is 4. The molecule has 1 fully saturated rings. The van der Waals surface area contributed by atoms with Gasteiger partial charge in [0, 0.05) is 18.9 Å². The molecule has 0 saturated carbocycles. The van der Waals surface area contributed by atoms with Gasteiger partial charge >= 0.3 is 6.09 Å². The van der Waals surface area contributed by atoms with Gasteiger partial charge in [-0.1, -0.05) is 0 Å². The molecule has 0 aromatic carbocycles. The molecule has 1 aromatic rings. The summed E-state index contributed by atoms with van der Waals surface area (Å²) in [6.07, 6.45) is 5.52. The molecule has 2 heterocycles. The van der Waals surface area contributed by atoms with Crippen LogP contribution in [0.4, 0.5) is 4.79 Å². The molecule has 0 bridgehead atoms. The Labute approximate surface area is 136 Å². The molecule has 126 valence electrons. The summed E-state index contributed by atoms with van der Waals surface area (Å²) in [5.74, 6) is -0.215. The van der Waals surface area contributed by atoms with Gasteiger partial charge in [-0.2, -0.15) is 0 Å². The smallest absolute Gasteiger partial charge is 0.410 e. The Balaban J connectivity index is 1.82. The van der Waals surface area contributed by atoms with E-state index >= 15 is 0 Å². The average Bonchev–Trinajstić information content (AvgIpc) is 2.52. The lowest BCUT2D eigenvalue weighted by atomic mass is 10.1. The van der Waals surface area contributed by atoms with E-state index in [2.05, 4.69) is 9.97 Å². The van der Waals surface area contributed by atoms with Crippen LogP contribution in [0.5, 0.6) is 0 Å². The minimum atomic E-state index is -0.521. The molecular weight excluding hydrogens is 298 g/mol. The molecular formula is C16H23N3O4. The van der Waals surface area contributed by atoms with Crippen LogP contribution in [0.3, 0.4) is 0 Å². The zero-order valence-corrected chi connectivity index (χ0v) is 13.8. The Morgan fingerprint density at radius 3 is 2.78 bits per heavy atom. The zero-order valence-electron chi connectivity index (χ0n) is 13.8. The Morgan fingerprint density at radius 1 is 1.35 bits per heavy atom. The van der Waals surface area contributed by atoms with Crippen LogP contribution < -0.4 is 0 Å². The number of likely N-dealkylation sites (tertiary alicyclic amines) is 1. The van der Waals surface area contributed by atoms with E-state index in [1.807, 2.05) is 20.8 Å². The number of Topliss-reactive ketones (excluding diaryl/α,β-unsaturated/α-hetero) is 1. The molecule has 1 aliphatic heterocycles. The van der Waals surface area contributed by atoms with Crippen molar-refractivity contribution in [3.8, 4) is 0 Å². The summed E-state index contributed by atoms with van der Waals surface area (Å²) in [6.45, 7) is 6.52. The van der Waals surface area contributed by atoms with E-state index < -0.39 is 5.60 Å². The number of nitrogens with zero attached hydrogens (tertiary/aromatic N) is 3. The number of carbonyl (C=O) groups is 2. The molecule has 1 aliphatic rings. The zero-order chi connectivity index (χ0) is 16.9. The largest absolute Gasteiger partial charge is 0.444 e. The lowest BCUT2D eigenvalue weighted by molar-refractivity contribution is -0.0164. The van der Waals surface area contributed by atoms with E-state index in [1.165, 1.54) is 18.6 Å². The van der Waals surface area contributed by atoms with Gasteiger partial charge in [0.2, 0.25) is 5.78 Å². The lowest BCUT2D eigenvalue weighted by Gasteiger charge is -2.33. The maximum atomic E-state index is 12.1. The number of ether oxygens (including phenoxy) is 2. The quantitative estimate of drug-likeness (QED) is 0.790. The summed E-state index contributed by atoms with van der Waals surface area (Å²) in [4.78, 5) is 33.5. The Bertz CT molecular complexity index is 542. The van der Waals surface area contributed by atoms with Crippen LogP contribution in [0.25, 0.3) is 0 Å². The van der Waals surface area contributed by atoms with Crippen molar-refractivity contribution >= 4 is 11.9 Å². The second-order valence-corrected chi connectivity index (χ2v) is 6.52.